The summed E-state index contributed by atoms with van der Waals surface area (Å²) in [6, 6.07) is 11.7. The van der Waals surface area contributed by atoms with Crippen LogP contribution in [0.2, 0.25) is 0 Å². The van der Waals surface area contributed by atoms with E-state index < -0.39 is 17.6 Å². The van der Waals surface area contributed by atoms with E-state index >= 15 is 0 Å². The molecule has 106 valence electrons. The van der Waals surface area contributed by atoms with E-state index in [1.165, 1.54) is 42.5 Å². The van der Waals surface area contributed by atoms with Crippen molar-refractivity contribution in [3.8, 4) is 6.07 Å². The van der Waals surface area contributed by atoms with Crippen LogP contribution in [0.15, 0.2) is 54.6 Å². The van der Waals surface area contributed by atoms with E-state index in [1.54, 1.807) is 0 Å². The van der Waals surface area contributed by atoms with Crippen LogP contribution in [0.25, 0.3) is 5.57 Å². The number of alkyl halides is 3. The number of nitriles is 1. The molecule has 0 fully saturated rings. The van der Waals surface area contributed by atoms with Gasteiger partial charge in [0.25, 0.3) is 0 Å². The molecule has 21 heavy (non-hydrogen) atoms. The van der Waals surface area contributed by atoms with Crippen LogP contribution >= 0.6 is 0 Å². The Morgan fingerprint density at radius 3 is 1.81 bits per heavy atom. The van der Waals surface area contributed by atoms with E-state index in [1.807, 2.05) is 6.07 Å². The van der Waals surface area contributed by atoms with Crippen molar-refractivity contribution in [2.75, 3.05) is 0 Å². The summed E-state index contributed by atoms with van der Waals surface area (Å²) in [5, 5.41) is 8.82. The van der Waals surface area contributed by atoms with Crippen LogP contribution in [-0.4, -0.2) is 0 Å². The lowest BCUT2D eigenvalue weighted by Gasteiger charge is -2.10. The van der Waals surface area contributed by atoms with Crippen molar-refractivity contribution in [1.29, 1.82) is 5.26 Å². The van der Waals surface area contributed by atoms with Crippen LogP contribution in [-0.2, 0) is 6.18 Å². The molecule has 0 atom stereocenters. The Kier molecular flexibility index (Phi) is 4.08. The zero-order valence-electron chi connectivity index (χ0n) is 10.7. The van der Waals surface area contributed by atoms with E-state index in [0.717, 1.165) is 12.1 Å². The monoisotopic (exact) mass is 291 g/mol. The summed E-state index contributed by atoms with van der Waals surface area (Å²) in [6.45, 7) is 0. The molecule has 0 saturated carbocycles. The number of nitrogens with zero attached hydrogens (tertiary/aromatic N) is 1. The van der Waals surface area contributed by atoms with Crippen LogP contribution in [0.3, 0.4) is 0 Å². The van der Waals surface area contributed by atoms with Gasteiger partial charge in [-0.2, -0.15) is 18.4 Å². The highest BCUT2D eigenvalue weighted by molar-refractivity contribution is 5.81. The maximum absolute atomic E-state index is 12.9. The van der Waals surface area contributed by atoms with Gasteiger partial charge in [0.2, 0.25) is 0 Å². The van der Waals surface area contributed by atoms with Gasteiger partial charge < -0.3 is 0 Å². The van der Waals surface area contributed by atoms with Crippen molar-refractivity contribution in [3.05, 3.63) is 77.1 Å². The lowest BCUT2D eigenvalue weighted by molar-refractivity contribution is -0.137. The number of hydrogen-bond acceptors (Lipinski definition) is 1. The van der Waals surface area contributed by atoms with Gasteiger partial charge in [0.05, 0.1) is 11.6 Å². The van der Waals surface area contributed by atoms with Gasteiger partial charge in [0.1, 0.15) is 5.82 Å². The first kappa shape index (κ1) is 14.8. The second-order valence-corrected chi connectivity index (χ2v) is 4.27. The van der Waals surface area contributed by atoms with Gasteiger partial charge in [-0.1, -0.05) is 24.3 Å². The molecule has 2 aromatic carbocycles. The van der Waals surface area contributed by atoms with Crippen molar-refractivity contribution in [3.63, 3.8) is 0 Å². The summed E-state index contributed by atoms with van der Waals surface area (Å²) in [5.74, 6) is -0.428. The van der Waals surface area contributed by atoms with Crippen LogP contribution in [0.5, 0.6) is 0 Å². The van der Waals surface area contributed by atoms with Crippen LogP contribution in [0.1, 0.15) is 16.7 Å². The third-order valence-corrected chi connectivity index (χ3v) is 2.89. The molecule has 0 N–H and O–H groups in total. The molecular weight excluding hydrogens is 282 g/mol. The number of halogens is 4. The normalized spacial score (nSPS) is 12.0. The summed E-state index contributed by atoms with van der Waals surface area (Å²) >= 11 is 0. The van der Waals surface area contributed by atoms with Crippen LogP contribution < -0.4 is 0 Å². The average molecular weight is 291 g/mol. The van der Waals surface area contributed by atoms with Gasteiger partial charge in [-0.25, -0.2) is 4.39 Å². The molecule has 0 spiro atoms. The molecule has 0 aliphatic heterocycles. The van der Waals surface area contributed by atoms with Crippen molar-refractivity contribution in [2.45, 2.75) is 6.18 Å². The Labute approximate surface area is 118 Å². The van der Waals surface area contributed by atoms with E-state index in [2.05, 4.69) is 0 Å². The first-order chi connectivity index (χ1) is 9.91. The van der Waals surface area contributed by atoms with Gasteiger partial charge in [-0.05, 0) is 41.0 Å². The summed E-state index contributed by atoms with van der Waals surface area (Å²) in [7, 11) is 0. The summed E-state index contributed by atoms with van der Waals surface area (Å²) in [5.41, 5.74) is 0.682. The smallest absolute Gasteiger partial charge is 0.207 e. The van der Waals surface area contributed by atoms with Gasteiger partial charge in [-0.15, -0.1) is 0 Å². The summed E-state index contributed by atoms with van der Waals surface area (Å²) in [6.07, 6.45) is -3.19. The van der Waals surface area contributed by atoms with Crippen molar-refractivity contribution in [2.24, 2.45) is 0 Å². The zero-order valence-corrected chi connectivity index (χ0v) is 10.7. The lowest BCUT2D eigenvalue weighted by Crippen LogP contribution is -2.04. The fourth-order valence-corrected chi connectivity index (χ4v) is 1.87. The molecule has 0 aliphatic carbocycles. The van der Waals surface area contributed by atoms with Gasteiger partial charge in [-0.3, -0.25) is 0 Å². The van der Waals surface area contributed by atoms with Crippen molar-refractivity contribution >= 4 is 5.57 Å². The predicted octanol–water partition coefficient (Wildman–Crippen LogP) is 4.80. The van der Waals surface area contributed by atoms with Crippen LogP contribution in [0, 0.1) is 17.1 Å². The molecule has 0 heterocycles. The van der Waals surface area contributed by atoms with E-state index in [9.17, 15) is 17.6 Å². The van der Waals surface area contributed by atoms with Crippen molar-refractivity contribution in [1.82, 2.24) is 0 Å². The summed E-state index contributed by atoms with van der Waals surface area (Å²) in [4.78, 5) is 0. The quantitative estimate of drug-likeness (QED) is 0.576. The Morgan fingerprint density at radius 1 is 0.905 bits per heavy atom. The molecule has 2 rings (SSSR count). The Morgan fingerprint density at radius 2 is 1.38 bits per heavy atom. The molecule has 0 bridgehead atoms. The van der Waals surface area contributed by atoms with Crippen molar-refractivity contribution < 1.29 is 17.6 Å². The molecule has 0 aromatic heterocycles. The second kappa shape index (κ2) is 5.80. The maximum atomic E-state index is 12.9. The molecule has 0 unspecified atom stereocenters. The fraction of sp³-hybridized carbons (Fsp3) is 0.0625. The number of rotatable bonds is 2. The topological polar surface area (TPSA) is 23.8 Å². The Bertz CT molecular complexity index is 689. The highest BCUT2D eigenvalue weighted by atomic mass is 19.4. The molecule has 0 aliphatic rings. The van der Waals surface area contributed by atoms with Gasteiger partial charge >= 0.3 is 6.18 Å². The van der Waals surface area contributed by atoms with Gasteiger partial charge in [0.15, 0.2) is 0 Å². The first-order valence-corrected chi connectivity index (χ1v) is 5.95. The Balaban J connectivity index is 2.43. The van der Waals surface area contributed by atoms with E-state index in [0.29, 0.717) is 16.7 Å². The summed E-state index contributed by atoms with van der Waals surface area (Å²) < 4.78 is 50.5. The highest BCUT2D eigenvalue weighted by Gasteiger charge is 2.30. The molecule has 0 saturated heterocycles. The zero-order chi connectivity index (χ0) is 15.5. The molecular formula is C16H9F4N. The molecule has 0 radical (unpaired) electrons. The SMILES string of the molecule is N#C/C=C(/c1ccc(F)cc1)c1ccc(C(F)(F)F)cc1. The van der Waals surface area contributed by atoms with Crippen LogP contribution in [0.4, 0.5) is 17.6 Å². The number of hydrogen-bond donors (Lipinski definition) is 0. The minimum Gasteiger partial charge on any atom is -0.207 e. The standard InChI is InChI=1S/C16H9F4N/c17-14-7-3-12(4-8-14)15(9-10-21)11-1-5-13(6-2-11)16(18,19)20/h1-9H/b15-9+. The van der Waals surface area contributed by atoms with E-state index in [4.69, 9.17) is 5.26 Å². The minimum atomic E-state index is -4.41. The number of allylic oxidation sites excluding steroid dienone is 1. The highest BCUT2D eigenvalue weighted by Crippen LogP contribution is 2.31. The average Bonchev–Trinajstić information content (AvgIpc) is 2.45. The first-order valence-electron chi connectivity index (χ1n) is 5.95. The molecule has 1 nitrogen and oxygen atoms in total. The Hall–Kier alpha value is -2.61. The third kappa shape index (κ3) is 3.48. The largest absolute Gasteiger partial charge is 0.416 e. The van der Waals surface area contributed by atoms with E-state index in [-0.39, 0.29) is 0 Å². The predicted molar refractivity (Wildman–Crippen MR) is 70.5 cm³/mol. The number of benzene rings is 2. The minimum absolute atomic E-state index is 0.428. The lowest BCUT2D eigenvalue weighted by atomic mass is 9.97. The second-order valence-electron chi connectivity index (χ2n) is 4.27. The maximum Gasteiger partial charge on any atom is 0.416 e. The molecule has 5 heteroatoms. The molecule has 2 aromatic rings. The molecule has 0 amide bonds. The van der Waals surface area contributed by atoms with Gasteiger partial charge in [0, 0.05) is 6.08 Å². The third-order valence-electron chi connectivity index (χ3n) is 2.89. The fourth-order valence-electron chi connectivity index (χ4n) is 1.87.